The smallest absolute Gasteiger partial charge is 0.136 e. The minimum absolute atomic E-state index is 0.121. The zero-order valence-corrected chi connectivity index (χ0v) is 13.2. The first-order chi connectivity index (χ1) is 8.27. The molecular formula is C13H29NO2Si. The molecule has 1 rings (SSSR count). The van der Waals surface area contributed by atoms with E-state index in [9.17, 15) is 0 Å². The van der Waals surface area contributed by atoms with Gasteiger partial charge in [0.05, 0.1) is 0 Å². The van der Waals surface area contributed by atoms with Crippen molar-refractivity contribution in [2.24, 2.45) is 0 Å². The Hall–Kier alpha value is 0.0969. The number of rotatable bonds is 8. The quantitative estimate of drug-likeness (QED) is 0.489. The number of hydrogen-bond acceptors (Lipinski definition) is 3. The maximum absolute atomic E-state index is 5.63. The highest BCUT2D eigenvalue weighted by molar-refractivity contribution is 6.36. The molecule has 0 unspecified atom stereocenters. The summed E-state index contributed by atoms with van der Waals surface area (Å²) in [5, 5.41) is 0. The van der Waals surface area contributed by atoms with Gasteiger partial charge in [-0.25, -0.2) is 0 Å². The molecule has 0 heterocycles. The maximum Gasteiger partial charge on any atom is 0.136 e. The molecule has 0 bridgehead atoms. The fourth-order valence-corrected chi connectivity index (χ4v) is 4.39. The molecule has 0 aliphatic heterocycles. The molecule has 0 aromatic heterocycles. The third-order valence-corrected chi connectivity index (χ3v) is 5.53. The van der Waals surface area contributed by atoms with Gasteiger partial charge in [0.1, 0.15) is 15.4 Å². The van der Waals surface area contributed by atoms with Crippen molar-refractivity contribution in [2.75, 3.05) is 26.4 Å². The summed E-state index contributed by atoms with van der Waals surface area (Å²) in [4.78, 5) is 2.55. The molecule has 0 aromatic rings. The zero-order chi connectivity index (χ0) is 12.5. The molecular weight excluding hydrogens is 230 g/mol. The van der Waals surface area contributed by atoms with Crippen LogP contribution in [-0.4, -0.2) is 52.8 Å². The third kappa shape index (κ3) is 6.00. The van der Waals surface area contributed by atoms with Crippen LogP contribution in [0.4, 0.5) is 0 Å². The van der Waals surface area contributed by atoms with E-state index >= 15 is 0 Å². The molecule has 0 amide bonds. The molecule has 1 saturated carbocycles. The standard InChI is InChI=1S/C13H29NO2Si/c1-4-15-13(16-5-2)17-11-14(3)12-9-7-6-8-10-12/h12-13H,4-11,17H2,1-3H3. The summed E-state index contributed by atoms with van der Waals surface area (Å²) in [7, 11) is 1.97. The van der Waals surface area contributed by atoms with Crippen LogP contribution < -0.4 is 0 Å². The first kappa shape index (κ1) is 15.2. The second kappa shape index (κ2) is 9.08. The fraction of sp³-hybridized carbons (Fsp3) is 1.00. The van der Waals surface area contributed by atoms with Gasteiger partial charge in [0.25, 0.3) is 0 Å². The lowest BCUT2D eigenvalue weighted by atomic mass is 9.95. The van der Waals surface area contributed by atoms with Gasteiger partial charge in [0.2, 0.25) is 0 Å². The Labute approximate surface area is 109 Å². The lowest BCUT2D eigenvalue weighted by molar-refractivity contribution is -0.0834. The number of nitrogens with zero attached hydrogens (tertiary/aromatic N) is 1. The van der Waals surface area contributed by atoms with Crippen molar-refractivity contribution in [1.29, 1.82) is 0 Å². The van der Waals surface area contributed by atoms with E-state index in [2.05, 4.69) is 11.9 Å². The molecule has 1 aliphatic rings. The van der Waals surface area contributed by atoms with Crippen LogP contribution in [0.1, 0.15) is 46.0 Å². The van der Waals surface area contributed by atoms with Gasteiger partial charge in [-0.1, -0.05) is 19.3 Å². The molecule has 4 heteroatoms. The van der Waals surface area contributed by atoms with Gasteiger partial charge < -0.3 is 14.4 Å². The Morgan fingerprint density at radius 3 is 2.24 bits per heavy atom. The summed E-state index contributed by atoms with van der Waals surface area (Å²) >= 11 is 0. The van der Waals surface area contributed by atoms with Crippen molar-refractivity contribution in [3.63, 3.8) is 0 Å². The van der Waals surface area contributed by atoms with E-state index in [1.165, 1.54) is 38.3 Å². The van der Waals surface area contributed by atoms with Gasteiger partial charge in [-0.05, 0) is 39.9 Å². The van der Waals surface area contributed by atoms with Crippen molar-refractivity contribution >= 4 is 9.52 Å². The predicted octanol–water partition coefficient (Wildman–Crippen LogP) is 1.73. The van der Waals surface area contributed by atoms with Gasteiger partial charge >= 0.3 is 0 Å². The monoisotopic (exact) mass is 259 g/mol. The summed E-state index contributed by atoms with van der Waals surface area (Å²) in [6.45, 7) is 5.63. The first-order valence-electron chi connectivity index (χ1n) is 7.21. The van der Waals surface area contributed by atoms with Crippen LogP contribution in [0.5, 0.6) is 0 Å². The third-order valence-electron chi connectivity index (χ3n) is 3.62. The summed E-state index contributed by atoms with van der Waals surface area (Å²) in [6.07, 6.45) is 8.25. The van der Waals surface area contributed by atoms with Crippen molar-refractivity contribution in [3.05, 3.63) is 0 Å². The fourth-order valence-electron chi connectivity index (χ4n) is 2.60. The molecule has 3 nitrogen and oxygen atoms in total. The van der Waals surface area contributed by atoms with E-state index in [1.54, 1.807) is 0 Å². The Bertz CT molecular complexity index is 180. The van der Waals surface area contributed by atoms with Crippen molar-refractivity contribution in [2.45, 2.75) is 57.9 Å². The van der Waals surface area contributed by atoms with Crippen LogP contribution in [0.25, 0.3) is 0 Å². The Balaban J connectivity index is 2.21. The second-order valence-electron chi connectivity index (χ2n) is 4.90. The zero-order valence-electron chi connectivity index (χ0n) is 11.8. The van der Waals surface area contributed by atoms with Crippen molar-refractivity contribution in [3.8, 4) is 0 Å². The predicted molar refractivity (Wildman–Crippen MR) is 75.1 cm³/mol. The first-order valence-corrected chi connectivity index (χ1v) is 9.03. The van der Waals surface area contributed by atoms with Gasteiger partial charge in [-0.3, -0.25) is 0 Å². The van der Waals surface area contributed by atoms with Crippen LogP contribution in [0.3, 0.4) is 0 Å². The lowest BCUT2D eigenvalue weighted by Gasteiger charge is -2.32. The highest BCUT2D eigenvalue weighted by Gasteiger charge is 2.19. The van der Waals surface area contributed by atoms with E-state index in [-0.39, 0.29) is 15.4 Å². The molecule has 0 aromatic carbocycles. The molecule has 0 spiro atoms. The molecule has 0 radical (unpaired) electrons. The average Bonchev–Trinajstić information content (AvgIpc) is 2.37. The number of hydrogen-bond donors (Lipinski definition) is 0. The van der Waals surface area contributed by atoms with E-state index in [0.717, 1.165) is 19.3 Å². The van der Waals surface area contributed by atoms with Crippen LogP contribution in [0.15, 0.2) is 0 Å². The van der Waals surface area contributed by atoms with Crippen LogP contribution >= 0.6 is 0 Å². The van der Waals surface area contributed by atoms with Crippen LogP contribution in [0, 0.1) is 0 Å². The molecule has 0 atom stereocenters. The molecule has 1 fully saturated rings. The van der Waals surface area contributed by atoms with E-state index < -0.39 is 0 Å². The lowest BCUT2D eigenvalue weighted by Crippen LogP contribution is -2.40. The van der Waals surface area contributed by atoms with E-state index in [0.29, 0.717) is 0 Å². The van der Waals surface area contributed by atoms with Crippen LogP contribution in [-0.2, 0) is 9.47 Å². The van der Waals surface area contributed by atoms with Crippen molar-refractivity contribution < 1.29 is 9.47 Å². The van der Waals surface area contributed by atoms with E-state index in [4.69, 9.17) is 9.47 Å². The minimum atomic E-state index is -0.308. The largest absolute Gasteiger partial charge is 0.357 e. The minimum Gasteiger partial charge on any atom is -0.357 e. The topological polar surface area (TPSA) is 21.7 Å². The molecule has 1 aliphatic carbocycles. The van der Waals surface area contributed by atoms with Gasteiger partial charge in [-0.15, -0.1) is 0 Å². The normalized spacial score (nSPS) is 18.9. The van der Waals surface area contributed by atoms with Crippen molar-refractivity contribution in [1.82, 2.24) is 4.90 Å². The summed E-state index contributed by atoms with van der Waals surface area (Å²) in [5.74, 6) is 0.121. The van der Waals surface area contributed by atoms with Crippen LogP contribution in [0.2, 0.25) is 0 Å². The highest BCUT2D eigenvalue weighted by Crippen LogP contribution is 2.21. The highest BCUT2D eigenvalue weighted by atomic mass is 28.2. The Morgan fingerprint density at radius 2 is 1.71 bits per heavy atom. The summed E-state index contributed by atoms with van der Waals surface area (Å²) < 4.78 is 11.3. The second-order valence-corrected chi connectivity index (χ2v) is 6.59. The summed E-state index contributed by atoms with van der Waals surface area (Å²) in [6, 6.07) is 0.820. The molecule has 0 N–H and O–H groups in total. The molecule has 102 valence electrons. The molecule has 0 saturated heterocycles. The van der Waals surface area contributed by atoms with Gasteiger partial charge in [0.15, 0.2) is 0 Å². The summed E-state index contributed by atoms with van der Waals surface area (Å²) in [5.41, 5.74) is 0. The van der Waals surface area contributed by atoms with E-state index in [1.807, 2.05) is 13.8 Å². The molecule has 17 heavy (non-hydrogen) atoms. The Morgan fingerprint density at radius 1 is 1.12 bits per heavy atom. The maximum atomic E-state index is 5.63. The average molecular weight is 259 g/mol. The number of ether oxygens (including phenoxy) is 2. The Kier molecular flexibility index (Phi) is 8.10. The SMILES string of the molecule is CCOC(OCC)[SiH2]CN(C)C1CCCCC1. The van der Waals surface area contributed by atoms with Gasteiger partial charge in [-0.2, -0.15) is 0 Å². The van der Waals surface area contributed by atoms with Gasteiger partial charge in [0, 0.05) is 19.3 Å².